The molecule has 0 aromatic heterocycles. The number of hydrogen-bond acceptors (Lipinski definition) is 3. The van der Waals surface area contributed by atoms with Crippen molar-refractivity contribution in [3.8, 4) is 0 Å². The molecule has 2 aromatic carbocycles. The predicted molar refractivity (Wildman–Crippen MR) is 93.0 cm³/mol. The van der Waals surface area contributed by atoms with E-state index >= 15 is 0 Å². The zero-order chi connectivity index (χ0) is 19.8. The third kappa shape index (κ3) is 3.83. The van der Waals surface area contributed by atoms with Crippen LogP contribution in [0.1, 0.15) is 29.9 Å². The summed E-state index contributed by atoms with van der Waals surface area (Å²) >= 11 is 0. The third-order valence-corrected chi connectivity index (χ3v) is 5.21. The molecule has 0 saturated heterocycles. The smallest absolute Gasteiger partial charge is 0.324 e. The second kappa shape index (κ2) is 7.08. The zero-order valence-corrected chi connectivity index (χ0v) is 14.3. The van der Waals surface area contributed by atoms with Crippen LogP contribution < -0.4 is 5.73 Å². The maximum Gasteiger partial charge on any atom is 0.324 e. The van der Waals surface area contributed by atoms with Crippen LogP contribution in [0.25, 0.3) is 0 Å². The molecule has 0 radical (unpaired) electrons. The van der Waals surface area contributed by atoms with E-state index in [4.69, 9.17) is 10.8 Å². The molecule has 4 N–H and O–H groups in total. The number of aliphatic carboxylic acids is 2. The molecule has 1 aliphatic carbocycles. The van der Waals surface area contributed by atoms with Gasteiger partial charge in [0, 0.05) is 11.8 Å². The van der Waals surface area contributed by atoms with Gasteiger partial charge in [0.05, 0.1) is 5.92 Å². The highest BCUT2D eigenvalue weighted by molar-refractivity contribution is 5.83. The number of carbonyl (C=O) groups is 2. The minimum absolute atomic E-state index is 0.164. The van der Waals surface area contributed by atoms with Gasteiger partial charge < -0.3 is 15.9 Å². The summed E-state index contributed by atoms with van der Waals surface area (Å²) in [4.78, 5) is 23.1. The van der Waals surface area contributed by atoms with Gasteiger partial charge in [-0.05, 0) is 48.2 Å². The number of carboxylic acids is 2. The van der Waals surface area contributed by atoms with Gasteiger partial charge in [0.2, 0.25) is 0 Å². The van der Waals surface area contributed by atoms with E-state index in [1.165, 1.54) is 36.4 Å². The molecule has 27 heavy (non-hydrogen) atoms. The zero-order valence-electron chi connectivity index (χ0n) is 14.3. The van der Waals surface area contributed by atoms with Crippen molar-refractivity contribution in [3.63, 3.8) is 0 Å². The summed E-state index contributed by atoms with van der Waals surface area (Å²) in [6.45, 7) is 0. The SMILES string of the molecule is NC(CC(c1cccc(F)c1)c1cccc(F)c1)(C(=O)O)C1CC1C(=O)O. The molecule has 0 bridgehead atoms. The number of hydrogen-bond donors (Lipinski definition) is 3. The van der Waals surface area contributed by atoms with Crippen molar-refractivity contribution in [2.45, 2.75) is 24.3 Å². The fraction of sp³-hybridized carbons (Fsp3) is 0.300. The Bertz CT molecular complexity index is 842. The summed E-state index contributed by atoms with van der Waals surface area (Å²) < 4.78 is 27.5. The van der Waals surface area contributed by atoms with Crippen LogP contribution in [0.15, 0.2) is 48.5 Å². The average molecular weight is 375 g/mol. The Hall–Kier alpha value is -2.80. The molecule has 142 valence electrons. The molecule has 0 spiro atoms. The summed E-state index contributed by atoms with van der Waals surface area (Å²) in [5, 5.41) is 18.9. The van der Waals surface area contributed by atoms with Gasteiger partial charge in [0.15, 0.2) is 0 Å². The highest BCUT2D eigenvalue weighted by Crippen LogP contribution is 2.49. The van der Waals surface area contributed by atoms with Crippen LogP contribution in [0, 0.1) is 23.5 Å². The lowest BCUT2D eigenvalue weighted by molar-refractivity contribution is -0.145. The highest BCUT2D eigenvalue weighted by atomic mass is 19.1. The Balaban J connectivity index is 2.02. The molecule has 0 aliphatic heterocycles. The Labute approximate surface area is 154 Å². The number of carboxylic acid groups (broad SMARTS) is 2. The quantitative estimate of drug-likeness (QED) is 0.691. The molecule has 3 unspecified atom stereocenters. The molecule has 0 amide bonds. The number of halogens is 2. The van der Waals surface area contributed by atoms with Crippen LogP contribution in [0.3, 0.4) is 0 Å². The van der Waals surface area contributed by atoms with Gasteiger partial charge in [-0.1, -0.05) is 24.3 Å². The van der Waals surface area contributed by atoms with Gasteiger partial charge >= 0.3 is 11.9 Å². The van der Waals surface area contributed by atoms with Crippen molar-refractivity contribution >= 4 is 11.9 Å². The Morgan fingerprint density at radius 3 is 1.96 bits per heavy atom. The van der Waals surface area contributed by atoms with E-state index in [-0.39, 0.29) is 12.8 Å². The van der Waals surface area contributed by atoms with Gasteiger partial charge in [-0.25, -0.2) is 8.78 Å². The van der Waals surface area contributed by atoms with E-state index in [9.17, 15) is 23.5 Å². The number of nitrogens with two attached hydrogens (primary N) is 1. The summed E-state index contributed by atoms with van der Waals surface area (Å²) in [5.41, 5.74) is 5.25. The van der Waals surface area contributed by atoms with Crippen molar-refractivity contribution < 1.29 is 28.6 Å². The summed E-state index contributed by atoms with van der Waals surface area (Å²) in [7, 11) is 0. The fourth-order valence-corrected chi connectivity index (χ4v) is 3.65. The van der Waals surface area contributed by atoms with Crippen molar-refractivity contribution in [1.29, 1.82) is 0 Å². The molecule has 7 heteroatoms. The largest absolute Gasteiger partial charge is 0.481 e. The minimum Gasteiger partial charge on any atom is -0.481 e. The lowest BCUT2D eigenvalue weighted by Crippen LogP contribution is -2.52. The van der Waals surface area contributed by atoms with Crippen molar-refractivity contribution in [2.75, 3.05) is 0 Å². The Morgan fingerprint density at radius 2 is 1.59 bits per heavy atom. The monoisotopic (exact) mass is 375 g/mol. The second-order valence-electron chi connectivity index (χ2n) is 7.00. The van der Waals surface area contributed by atoms with Gasteiger partial charge in [0.1, 0.15) is 17.2 Å². The molecular formula is C20H19F2NO4. The van der Waals surface area contributed by atoms with Gasteiger partial charge in [-0.2, -0.15) is 0 Å². The molecule has 5 nitrogen and oxygen atoms in total. The number of rotatable bonds is 7. The van der Waals surface area contributed by atoms with Crippen LogP contribution >= 0.6 is 0 Å². The van der Waals surface area contributed by atoms with Crippen LogP contribution in [-0.2, 0) is 9.59 Å². The first-order valence-electron chi connectivity index (χ1n) is 8.48. The van der Waals surface area contributed by atoms with Crippen LogP contribution in [-0.4, -0.2) is 27.7 Å². The summed E-state index contributed by atoms with van der Waals surface area (Å²) in [6, 6.07) is 11.2. The van der Waals surface area contributed by atoms with Crippen molar-refractivity contribution in [3.05, 3.63) is 71.3 Å². The van der Waals surface area contributed by atoms with Gasteiger partial charge in [-0.3, -0.25) is 9.59 Å². The first kappa shape index (κ1) is 19.0. The molecular weight excluding hydrogens is 356 g/mol. The van der Waals surface area contributed by atoms with E-state index in [2.05, 4.69) is 0 Å². The molecule has 1 aliphatic rings. The topological polar surface area (TPSA) is 101 Å². The van der Waals surface area contributed by atoms with E-state index < -0.39 is 46.9 Å². The Kier molecular flexibility index (Phi) is 4.97. The van der Waals surface area contributed by atoms with Gasteiger partial charge in [0.25, 0.3) is 0 Å². The molecule has 2 aromatic rings. The Morgan fingerprint density at radius 1 is 1.07 bits per heavy atom. The lowest BCUT2D eigenvalue weighted by Gasteiger charge is -2.30. The molecule has 0 heterocycles. The van der Waals surface area contributed by atoms with E-state index in [1.807, 2.05) is 0 Å². The second-order valence-corrected chi connectivity index (χ2v) is 7.00. The minimum atomic E-state index is -1.83. The first-order chi connectivity index (χ1) is 12.7. The first-order valence-corrected chi connectivity index (χ1v) is 8.48. The maximum absolute atomic E-state index is 13.8. The van der Waals surface area contributed by atoms with Crippen LogP contribution in [0.4, 0.5) is 8.78 Å². The van der Waals surface area contributed by atoms with Crippen molar-refractivity contribution in [1.82, 2.24) is 0 Å². The highest BCUT2D eigenvalue weighted by Gasteiger charge is 2.59. The van der Waals surface area contributed by atoms with Crippen LogP contribution in [0.2, 0.25) is 0 Å². The summed E-state index contributed by atoms with van der Waals surface area (Å²) in [6.07, 6.45) is -0.0131. The standard InChI is InChI=1S/C20H19F2NO4/c21-13-5-1-3-11(7-13)16(12-4-2-6-14(22)8-12)10-20(23,19(26)27)17-9-15(17)18(24)25/h1-8,15-17H,9-10,23H2,(H,24,25)(H,26,27). The molecule has 1 saturated carbocycles. The number of benzene rings is 2. The fourth-order valence-electron chi connectivity index (χ4n) is 3.65. The van der Waals surface area contributed by atoms with Crippen molar-refractivity contribution in [2.24, 2.45) is 17.6 Å². The molecule has 1 fully saturated rings. The van der Waals surface area contributed by atoms with E-state index in [1.54, 1.807) is 12.1 Å². The average Bonchev–Trinajstić information content (AvgIpc) is 3.41. The predicted octanol–water partition coefficient (Wildman–Crippen LogP) is 2.99. The maximum atomic E-state index is 13.8. The van der Waals surface area contributed by atoms with E-state index in [0.29, 0.717) is 11.1 Å². The lowest BCUT2D eigenvalue weighted by atomic mass is 9.77. The summed E-state index contributed by atoms with van der Waals surface area (Å²) in [5.74, 6) is -5.71. The van der Waals surface area contributed by atoms with Crippen LogP contribution in [0.5, 0.6) is 0 Å². The third-order valence-electron chi connectivity index (χ3n) is 5.21. The normalized spacial score (nSPS) is 20.9. The molecule has 3 rings (SSSR count). The molecule has 3 atom stereocenters. The van der Waals surface area contributed by atoms with Gasteiger partial charge in [-0.15, -0.1) is 0 Å². The van der Waals surface area contributed by atoms with E-state index in [0.717, 1.165) is 0 Å².